The van der Waals surface area contributed by atoms with Crippen LogP contribution >= 0.6 is 0 Å². The molecule has 1 rings (SSSR count). The number of alkyl halides is 1. The lowest BCUT2D eigenvalue weighted by Crippen LogP contribution is -2.34. The van der Waals surface area contributed by atoms with Gasteiger partial charge in [-0.25, -0.2) is 4.39 Å². The fraction of sp³-hybridized carbons (Fsp3) is 0.417. The summed E-state index contributed by atoms with van der Waals surface area (Å²) in [4.78, 5) is 5.68. The molecule has 0 heterocycles. The van der Waals surface area contributed by atoms with Crippen LogP contribution in [-0.4, -0.2) is 26.2 Å². The Hall–Kier alpha value is -1.58. The van der Waals surface area contributed by atoms with E-state index in [0.717, 1.165) is 12.1 Å². The van der Waals surface area contributed by atoms with Crippen LogP contribution in [0.25, 0.3) is 0 Å². The van der Waals surface area contributed by atoms with E-state index in [9.17, 15) is 4.39 Å². The van der Waals surface area contributed by atoms with Gasteiger partial charge >= 0.3 is 0 Å². The Morgan fingerprint density at radius 2 is 2.25 bits per heavy atom. The van der Waals surface area contributed by atoms with Crippen LogP contribution in [0, 0.1) is 0 Å². The van der Waals surface area contributed by atoms with E-state index in [0.29, 0.717) is 5.96 Å². The van der Waals surface area contributed by atoms with E-state index < -0.39 is 6.67 Å². The van der Waals surface area contributed by atoms with Gasteiger partial charge in [-0.1, -0.05) is 19.1 Å². The summed E-state index contributed by atoms with van der Waals surface area (Å²) in [5.41, 5.74) is 7.95. The van der Waals surface area contributed by atoms with Crippen molar-refractivity contribution in [3.05, 3.63) is 29.8 Å². The number of hydrogen-bond donors (Lipinski definition) is 1. The summed E-state index contributed by atoms with van der Waals surface area (Å²) in [7, 11) is 1.83. The Bertz CT molecular complexity index is 363. The molecule has 0 atom stereocenters. The monoisotopic (exact) mass is 223 g/mol. The molecule has 0 fully saturated rings. The van der Waals surface area contributed by atoms with E-state index in [1.165, 1.54) is 5.56 Å². The standard InChI is InChI=1S/C12H18FN3/c1-3-10-5-4-6-11(9-10)16(2)12(14)15-8-7-13/h4-6,9H,3,7-8H2,1-2H3,(H2,14,15). The van der Waals surface area contributed by atoms with Gasteiger partial charge < -0.3 is 10.6 Å². The van der Waals surface area contributed by atoms with Crippen molar-refractivity contribution in [2.75, 3.05) is 25.2 Å². The van der Waals surface area contributed by atoms with Crippen molar-refractivity contribution >= 4 is 11.6 Å². The van der Waals surface area contributed by atoms with E-state index in [2.05, 4.69) is 24.0 Å². The van der Waals surface area contributed by atoms with Gasteiger partial charge in [-0.2, -0.15) is 0 Å². The maximum absolute atomic E-state index is 12.0. The smallest absolute Gasteiger partial charge is 0.195 e. The maximum atomic E-state index is 12.0. The van der Waals surface area contributed by atoms with E-state index in [-0.39, 0.29) is 6.54 Å². The van der Waals surface area contributed by atoms with Gasteiger partial charge in [0, 0.05) is 12.7 Å². The molecule has 0 spiro atoms. The van der Waals surface area contributed by atoms with E-state index >= 15 is 0 Å². The summed E-state index contributed by atoms with van der Waals surface area (Å²) >= 11 is 0. The Kier molecular flexibility index (Phi) is 4.76. The summed E-state index contributed by atoms with van der Waals surface area (Å²) in [5.74, 6) is 0.339. The maximum Gasteiger partial charge on any atom is 0.195 e. The number of nitrogens with two attached hydrogens (primary N) is 1. The second-order valence-corrected chi connectivity index (χ2v) is 3.51. The minimum absolute atomic E-state index is 0.115. The second kappa shape index (κ2) is 6.10. The quantitative estimate of drug-likeness (QED) is 0.626. The zero-order chi connectivity index (χ0) is 12.0. The van der Waals surface area contributed by atoms with Gasteiger partial charge in [0.25, 0.3) is 0 Å². The van der Waals surface area contributed by atoms with E-state index in [1.807, 2.05) is 19.2 Å². The Morgan fingerprint density at radius 1 is 1.50 bits per heavy atom. The Morgan fingerprint density at radius 3 is 2.88 bits per heavy atom. The predicted molar refractivity (Wildman–Crippen MR) is 66.7 cm³/mol. The molecule has 1 aromatic rings. The summed E-state index contributed by atoms with van der Waals surface area (Å²) in [5, 5.41) is 0. The van der Waals surface area contributed by atoms with Crippen LogP contribution in [-0.2, 0) is 6.42 Å². The van der Waals surface area contributed by atoms with Crippen LogP contribution in [0.2, 0.25) is 0 Å². The highest BCUT2D eigenvalue weighted by molar-refractivity contribution is 5.94. The highest BCUT2D eigenvalue weighted by Crippen LogP contribution is 2.14. The van der Waals surface area contributed by atoms with Crippen molar-refractivity contribution in [1.82, 2.24) is 0 Å². The molecule has 0 saturated carbocycles. The van der Waals surface area contributed by atoms with Crippen LogP contribution in [0.3, 0.4) is 0 Å². The van der Waals surface area contributed by atoms with Crippen molar-refractivity contribution in [3.8, 4) is 0 Å². The van der Waals surface area contributed by atoms with Gasteiger partial charge in [-0.3, -0.25) is 4.99 Å². The number of rotatable bonds is 4. The van der Waals surface area contributed by atoms with Gasteiger partial charge in [0.15, 0.2) is 5.96 Å². The molecule has 1 aromatic carbocycles. The number of aliphatic imine (C=N–C) groups is 1. The molecular weight excluding hydrogens is 205 g/mol. The molecule has 16 heavy (non-hydrogen) atoms. The highest BCUT2D eigenvalue weighted by atomic mass is 19.1. The number of anilines is 1. The van der Waals surface area contributed by atoms with E-state index in [4.69, 9.17) is 5.73 Å². The molecule has 0 unspecified atom stereocenters. The van der Waals surface area contributed by atoms with Crippen molar-refractivity contribution < 1.29 is 4.39 Å². The van der Waals surface area contributed by atoms with Crippen molar-refractivity contribution in [3.63, 3.8) is 0 Å². The molecule has 0 amide bonds. The zero-order valence-electron chi connectivity index (χ0n) is 9.78. The summed E-state index contributed by atoms with van der Waals surface area (Å²) in [6.07, 6.45) is 0.975. The van der Waals surface area contributed by atoms with Crippen molar-refractivity contribution in [2.45, 2.75) is 13.3 Å². The molecule has 0 radical (unpaired) electrons. The number of hydrogen-bond acceptors (Lipinski definition) is 1. The lowest BCUT2D eigenvalue weighted by atomic mass is 10.1. The molecule has 0 bridgehead atoms. The minimum atomic E-state index is -0.483. The molecule has 0 saturated heterocycles. The van der Waals surface area contributed by atoms with Crippen molar-refractivity contribution in [2.24, 2.45) is 10.7 Å². The number of guanidine groups is 1. The van der Waals surface area contributed by atoms with Gasteiger partial charge in [-0.05, 0) is 24.1 Å². The van der Waals surface area contributed by atoms with Crippen LogP contribution in [0.5, 0.6) is 0 Å². The largest absolute Gasteiger partial charge is 0.370 e. The normalized spacial score (nSPS) is 11.6. The molecule has 0 aliphatic carbocycles. The third-order valence-corrected chi connectivity index (χ3v) is 2.41. The van der Waals surface area contributed by atoms with Crippen LogP contribution in [0.15, 0.2) is 29.3 Å². The second-order valence-electron chi connectivity index (χ2n) is 3.51. The molecule has 2 N–H and O–H groups in total. The summed E-state index contributed by atoms with van der Waals surface area (Å²) < 4.78 is 12.0. The predicted octanol–water partition coefficient (Wildman–Crippen LogP) is 1.97. The van der Waals surface area contributed by atoms with Gasteiger partial charge in [0.2, 0.25) is 0 Å². The highest BCUT2D eigenvalue weighted by Gasteiger charge is 2.04. The lowest BCUT2D eigenvalue weighted by molar-refractivity contribution is 0.504. The van der Waals surface area contributed by atoms with Crippen LogP contribution in [0.1, 0.15) is 12.5 Å². The average molecular weight is 223 g/mol. The molecule has 0 aliphatic heterocycles. The molecule has 0 aliphatic rings. The molecule has 0 aromatic heterocycles. The zero-order valence-corrected chi connectivity index (χ0v) is 9.78. The SMILES string of the molecule is CCc1cccc(N(C)C(N)=NCCF)c1. The Labute approximate surface area is 95.8 Å². The Balaban J connectivity index is 2.82. The fourth-order valence-corrected chi connectivity index (χ4v) is 1.38. The number of aryl methyl sites for hydroxylation is 1. The molecule has 88 valence electrons. The topological polar surface area (TPSA) is 41.6 Å². The average Bonchev–Trinajstić information content (AvgIpc) is 2.35. The van der Waals surface area contributed by atoms with Gasteiger partial charge in [0.1, 0.15) is 6.67 Å². The molecular formula is C12H18FN3. The number of benzene rings is 1. The first-order valence-corrected chi connectivity index (χ1v) is 5.37. The first kappa shape index (κ1) is 12.5. The van der Waals surface area contributed by atoms with Crippen LogP contribution in [0.4, 0.5) is 10.1 Å². The minimum Gasteiger partial charge on any atom is -0.370 e. The molecule has 4 heteroatoms. The third-order valence-electron chi connectivity index (χ3n) is 2.41. The first-order chi connectivity index (χ1) is 7.69. The van der Waals surface area contributed by atoms with Gasteiger partial charge in [0.05, 0.1) is 6.54 Å². The fourth-order valence-electron chi connectivity index (χ4n) is 1.38. The first-order valence-electron chi connectivity index (χ1n) is 5.37. The van der Waals surface area contributed by atoms with Gasteiger partial charge in [-0.15, -0.1) is 0 Å². The summed E-state index contributed by atoms with van der Waals surface area (Å²) in [6, 6.07) is 8.05. The number of halogens is 1. The molecule has 3 nitrogen and oxygen atoms in total. The van der Waals surface area contributed by atoms with Crippen molar-refractivity contribution in [1.29, 1.82) is 0 Å². The summed E-state index contributed by atoms with van der Waals surface area (Å²) in [6.45, 7) is 1.73. The van der Waals surface area contributed by atoms with E-state index in [1.54, 1.807) is 4.90 Å². The number of nitrogens with zero attached hydrogens (tertiary/aromatic N) is 2. The van der Waals surface area contributed by atoms with Crippen LogP contribution < -0.4 is 10.6 Å². The third kappa shape index (κ3) is 3.22. The lowest BCUT2D eigenvalue weighted by Gasteiger charge is -2.18.